The van der Waals surface area contributed by atoms with Gasteiger partial charge in [-0.1, -0.05) is 37.8 Å². The normalized spacial score (nSPS) is 11.3. The number of nitrogens with two attached hydrogens (primary N) is 1. The van der Waals surface area contributed by atoms with Crippen LogP contribution >= 0.6 is 0 Å². The van der Waals surface area contributed by atoms with E-state index in [-0.39, 0.29) is 16.3 Å². The molecular weight excluding hydrogens is 384 g/mol. The maximum absolute atomic E-state index is 11.9. The smallest absolute Gasteiger partial charge is 0.357 e. The Morgan fingerprint density at radius 1 is 1.11 bits per heavy atom. The lowest BCUT2D eigenvalue weighted by Crippen LogP contribution is -2.22. The molecule has 0 radical (unpaired) electrons. The van der Waals surface area contributed by atoms with Gasteiger partial charge in [-0.15, -0.1) is 0 Å². The first kappa shape index (κ1) is 23.0. The van der Waals surface area contributed by atoms with Crippen LogP contribution in [0.3, 0.4) is 0 Å². The Morgan fingerprint density at radius 2 is 1.78 bits per heavy atom. The van der Waals surface area contributed by atoms with Gasteiger partial charge in [0.1, 0.15) is 5.75 Å². The van der Waals surface area contributed by atoms with Crippen LogP contribution in [-0.2, 0) is 14.9 Å². The highest BCUT2D eigenvalue weighted by Crippen LogP contribution is 2.18. The molecule has 0 aliphatic rings. The van der Waals surface area contributed by atoms with Gasteiger partial charge in [-0.3, -0.25) is 4.79 Å². The first-order valence-corrected chi connectivity index (χ1v) is 13.5. The number of aromatic nitrogens is 1. The molecule has 0 spiro atoms. The number of carbonyl (C=O) groups is 1. The van der Waals surface area contributed by atoms with Gasteiger partial charge in [0.25, 0.3) is 0 Å². The Morgan fingerprint density at radius 3 is 2.33 bits per heavy atom. The van der Waals surface area contributed by atoms with E-state index in [1.165, 1.54) is 36.5 Å². The molecule has 9 heteroatoms. The first-order valence-electron chi connectivity index (χ1n) is 8.37. The molecule has 2 aromatic rings. The number of hydrogen-bond acceptors (Lipinski definition) is 7. The summed E-state index contributed by atoms with van der Waals surface area (Å²) in [4.78, 5) is 14.4. The molecule has 0 aliphatic carbocycles. The summed E-state index contributed by atoms with van der Waals surface area (Å²) in [6.07, 6.45) is 1.71. The number of rotatable bonds is 8. The van der Waals surface area contributed by atoms with Gasteiger partial charge in [-0.2, -0.15) is 8.42 Å². The molecule has 0 atom stereocenters. The summed E-state index contributed by atoms with van der Waals surface area (Å²) in [6, 6.07) is 12.1. The lowest BCUT2D eigenvalue weighted by molar-refractivity contribution is 0.111. The van der Waals surface area contributed by atoms with Crippen LogP contribution in [-0.4, -0.2) is 41.1 Å². The molecule has 0 bridgehead atoms. The van der Waals surface area contributed by atoms with Crippen molar-refractivity contribution in [3.63, 3.8) is 0 Å². The van der Waals surface area contributed by atoms with Crippen LogP contribution < -0.4 is 9.92 Å². The van der Waals surface area contributed by atoms with Crippen molar-refractivity contribution in [3.8, 4) is 5.75 Å². The molecule has 0 unspecified atom stereocenters. The van der Waals surface area contributed by atoms with Crippen molar-refractivity contribution in [2.45, 2.75) is 30.7 Å². The van der Waals surface area contributed by atoms with Gasteiger partial charge in [-0.05, 0) is 30.3 Å². The van der Waals surface area contributed by atoms with E-state index in [1.54, 1.807) is 18.2 Å². The predicted octanol–water partition coefficient (Wildman–Crippen LogP) is 2.92. The third-order valence-electron chi connectivity index (χ3n) is 3.23. The molecule has 0 aliphatic heterocycles. The largest absolute Gasteiger partial charge is 0.378 e. The zero-order chi connectivity index (χ0) is 20.3. The average molecular weight is 411 g/mol. The fourth-order valence-electron chi connectivity index (χ4n) is 1.81. The van der Waals surface area contributed by atoms with E-state index in [0.29, 0.717) is 13.0 Å². The van der Waals surface area contributed by atoms with Crippen molar-refractivity contribution >= 4 is 24.5 Å². The Kier molecular flexibility index (Phi) is 9.29. The van der Waals surface area contributed by atoms with Gasteiger partial charge in [0.15, 0.2) is 6.29 Å². The summed E-state index contributed by atoms with van der Waals surface area (Å²) in [5.41, 5.74) is 5.12. The molecule has 0 saturated carbocycles. The Labute approximate surface area is 161 Å². The fraction of sp³-hybridized carbons (Fsp3) is 0.333. The van der Waals surface area contributed by atoms with E-state index < -0.39 is 18.2 Å². The van der Waals surface area contributed by atoms with E-state index in [4.69, 9.17) is 14.7 Å². The summed E-state index contributed by atoms with van der Waals surface area (Å²) in [6.45, 7) is 8.18. The summed E-state index contributed by atoms with van der Waals surface area (Å²) in [5.74, 6) is 0.167. The third kappa shape index (κ3) is 8.91. The van der Waals surface area contributed by atoms with Crippen molar-refractivity contribution in [2.24, 2.45) is 5.73 Å². The SMILES string of the molecule is C[Si](C)(C)CCOCN.O=Cc1cccnc1S(=O)(=O)Oc1ccccc1. The quantitative estimate of drug-likeness (QED) is 0.234. The summed E-state index contributed by atoms with van der Waals surface area (Å²) in [5, 5.41) is -0.385. The Bertz CT molecular complexity index is 808. The minimum atomic E-state index is -4.10. The maximum atomic E-state index is 11.9. The van der Waals surface area contributed by atoms with Crippen molar-refractivity contribution in [2.75, 3.05) is 13.3 Å². The molecule has 2 N–H and O–H groups in total. The van der Waals surface area contributed by atoms with Crippen LogP contribution in [0.25, 0.3) is 0 Å². The van der Waals surface area contributed by atoms with E-state index in [2.05, 4.69) is 24.6 Å². The summed E-state index contributed by atoms with van der Waals surface area (Å²) >= 11 is 0. The minimum Gasteiger partial charge on any atom is -0.378 e. The van der Waals surface area contributed by atoms with Crippen LogP contribution in [0.2, 0.25) is 25.7 Å². The first-order chi connectivity index (χ1) is 12.7. The average Bonchev–Trinajstić information content (AvgIpc) is 2.62. The monoisotopic (exact) mass is 410 g/mol. The van der Waals surface area contributed by atoms with Crippen LogP contribution in [0.5, 0.6) is 5.75 Å². The predicted molar refractivity (Wildman–Crippen MR) is 107 cm³/mol. The molecule has 0 fully saturated rings. The maximum Gasteiger partial charge on any atom is 0.357 e. The topological polar surface area (TPSA) is 109 Å². The molecule has 0 amide bonds. The number of para-hydroxylation sites is 1. The number of hydrogen-bond donors (Lipinski definition) is 1. The highest BCUT2D eigenvalue weighted by atomic mass is 32.2. The van der Waals surface area contributed by atoms with Gasteiger partial charge in [0.05, 0.1) is 12.3 Å². The number of benzene rings is 1. The molecule has 1 aromatic carbocycles. The Hall–Kier alpha value is -2.07. The Balaban J connectivity index is 0.000000345. The molecule has 148 valence electrons. The number of ether oxygens (including phenoxy) is 1. The number of pyridine rings is 1. The number of carbonyl (C=O) groups excluding carboxylic acids is 1. The molecule has 1 heterocycles. The van der Waals surface area contributed by atoms with E-state index >= 15 is 0 Å². The molecule has 27 heavy (non-hydrogen) atoms. The van der Waals surface area contributed by atoms with E-state index in [9.17, 15) is 13.2 Å². The van der Waals surface area contributed by atoms with Crippen molar-refractivity contribution < 1.29 is 22.1 Å². The third-order valence-corrected chi connectivity index (χ3v) is 6.16. The highest BCUT2D eigenvalue weighted by Gasteiger charge is 2.22. The van der Waals surface area contributed by atoms with Gasteiger partial charge >= 0.3 is 10.1 Å². The van der Waals surface area contributed by atoms with Gasteiger partial charge in [0.2, 0.25) is 5.03 Å². The molecule has 0 saturated heterocycles. The lowest BCUT2D eigenvalue weighted by atomic mass is 10.3. The minimum absolute atomic E-state index is 0.0339. The van der Waals surface area contributed by atoms with Gasteiger partial charge in [0, 0.05) is 20.9 Å². The van der Waals surface area contributed by atoms with Crippen LogP contribution in [0.1, 0.15) is 10.4 Å². The number of nitrogens with zero attached hydrogens (tertiary/aromatic N) is 1. The highest BCUT2D eigenvalue weighted by molar-refractivity contribution is 7.87. The van der Waals surface area contributed by atoms with E-state index in [0.717, 1.165) is 6.61 Å². The lowest BCUT2D eigenvalue weighted by Gasteiger charge is -2.14. The molecule has 1 aromatic heterocycles. The fourth-order valence-corrected chi connectivity index (χ4v) is 3.60. The number of aldehydes is 1. The van der Waals surface area contributed by atoms with E-state index in [1.807, 2.05) is 0 Å². The zero-order valence-corrected chi connectivity index (χ0v) is 17.6. The van der Waals surface area contributed by atoms with Crippen molar-refractivity contribution in [1.82, 2.24) is 4.98 Å². The van der Waals surface area contributed by atoms with Gasteiger partial charge in [-0.25, -0.2) is 4.98 Å². The van der Waals surface area contributed by atoms with Gasteiger partial charge < -0.3 is 14.7 Å². The molecule has 2 rings (SSSR count). The standard InChI is InChI=1S/C12H9NO4S.C6H17NOSi/c14-9-10-5-4-8-13-12(10)18(15,16)17-11-6-2-1-3-7-11;1-9(2,3)5-4-8-6-7/h1-9H;4-7H2,1-3H3. The zero-order valence-electron chi connectivity index (χ0n) is 15.8. The summed E-state index contributed by atoms with van der Waals surface area (Å²) < 4.78 is 33.8. The van der Waals surface area contributed by atoms with Crippen molar-refractivity contribution in [3.05, 3.63) is 54.2 Å². The van der Waals surface area contributed by atoms with Crippen LogP contribution in [0.4, 0.5) is 0 Å². The second-order valence-electron chi connectivity index (χ2n) is 6.75. The molecule has 7 nitrogen and oxygen atoms in total. The second kappa shape index (κ2) is 10.9. The van der Waals surface area contributed by atoms with Crippen LogP contribution in [0, 0.1) is 0 Å². The van der Waals surface area contributed by atoms with Crippen molar-refractivity contribution in [1.29, 1.82) is 0 Å². The molecular formula is C18H26N2O5SSi. The summed E-state index contributed by atoms with van der Waals surface area (Å²) in [7, 11) is -4.97. The second-order valence-corrected chi connectivity index (χ2v) is 13.8. The van der Waals surface area contributed by atoms with Crippen LogP contribution in [0.15, 0.2) is 53.7 Å².